The molecule has 0 spiro atoms. The highest BCUT2D eigenvalue weighted by molar-refractivity contribution is 9.10. The number of ether oxygens (including phenoxy) is 1. The van der Waals surface area contributed by atoms with Crippen LogP contribution in [0.2, 0.25) is 0 Å². The monoisotopic (exact) mass is 331 g/mol. The van der Waals surface area contributed by atoms with Gasteiger partial charge >= 0.3 is 0 Å². The summed E-state index contributed by atoms with van der Waals surface area (Å²) in [7, 11) is 0. The van der Waals surface area contributed by atoms with Crippen molar-refractivity contribution in [1.29, 1.82) is 0 Å². The summed E-state index contributed by atoms with van der Waals surface area (Å²) in [5.41, 5.74) is 2.48. The molecule has 0 atom stereocenters. The molecule has 20 heavy (non-hydrogen) atoms. The highest BCUT2D eigenvalue weighted by Gasteiger charge is 2.19. The van der Waals surface area contributed by atoms with Crippen LogP contribution in [0.25, 0.3) is 0 Å². The number of nitrogens with one attached hydrogen (secondary N) is 1. The lowest BCUT2D eigenvalue weighted by Gasteiger charge is -2.11. The Balaban J connectivity index is 1.69. The molecule has 0 amide bonds. The van der Waals surface area contributed by atoms with Gasteiger partial charge in [-0.05, 0) is 55.2 Å². The number of benzene rings is 2. The normalized spacial score (nSPS) is 14.3. The van der Waals surface area contributed by atoms with Crippen molar-refractivity contribution < 1.29 is 4.74 Å². The van der Waals surface area contributed by atoms with Gasteiger partial charge in [0.2, 0.25) is 0 Å². The molecule has 1 N–H and O–H groups in total. The summed E-state index contributed by atoms with van der Waals surface area (Å²) in [4.78, 5) is 0. The van der Waals surface area contributed by atoms with Crippen molar-refractivity contribution in [3.63, 3.8) is 0 Å². The van der Waals surface area contributed by atoms with E-state index in [0.29, 0.717) is 0 Å². The summed E-state index contributed by atoms with van der Waals surface area (Å²) in [5.74, 6) is 1.77. The lowest BCUT2D eigenvalue weighted by Crippen LogP contribution is -2.15. The van der Waals surface area contributed by atoms with E-state index in [1.54, 1.807) is 0 Å². The first-order valence-corrected chi connectivity index (χ1v) is 7.76. The smallest absolute Gasteiger partial charge is 0.130 e. The van der Waals surface area contributed by atoms with Crippen molar-refractivity contribution in [2.75, 3.05) is 0 Å². The van der Waals surface area contributed by atoms with Gasteiger partial charge in [0.15, 0.2) is 0 Å². The molecular formula is C17H18BrNO. The van der Waals surface area contributed by atoms with Crippen molar-refractivity contribution in [1.82, 2.24) is 5.32 Å². The molecule has 0 saturated heterocycles. The first-order chi connectivity index (χ1) is 9.70. The summed E-state index contributed by atoms with van der Waals surface area (Å²) in [6.45, 7) is 3.04. The Labute approximate surface area is 128 Å². The molecule has 0 aliphatic heterocycles. The van der Waals surface area contributed by atoms with Crippen LogP contribution in [-0.4, -0.2) is 6.04 Å². The molecule has 104 valence electrons. The Morgan fingerprint density at radius 1 is 1.20 bits per heavy atom. The lowest BCUT2D eigenvalue weighted by molar-refractivity contribution is 0.478. The zero-order valence-corrected chi connectivity index (χ0v) is 13.1. The van der Waals surface area contributed by atoms with Crippen molar-refractivity contribution in [2.45, 2.75) is 32.4 Å². The van der Waals surface area contributed by atoms with Crippen LogP contribution in [0.3, 0.4) is 0 Å². The van der Waals surface area contributed by atoms with E-state index < -0.39 is 0 Å². The van der Waals surface area contributed by atoms with Gasteiger partial charge in [0.25, 0.3) is 0 Å². The van der Waals surface area contributed by atoms with Gasteiger partial charge in [-0.25, -0.2) is 0 Å². The van der Waals surface area contributed by atoms with Crippen molar-refractivity contribution >= 4 is 15.9 Å². The van der Waals surface area contributed by atoms with E-state index in [9.17, 15) is 0 Å². The molecule has 2 nitrogen and oxygen atoms in total. The molecule has 0 bridgehead atoms. The van der Waals surface area contributed by atoms with Crippen LogP contribution in [0.15, 0.2) is 46.9 Å². The quantitative estimate of drug-likeness (QED) is 0.849. The van der Waals surface area contributed by atoms with Gasteiger partial charge in [0.1, 0.15) is 11.5 Å². The van der Waals surface area contributed by atoms with Gasteiger partial charge in [0.05, 0.1) is 0 Å². The number of rotatable bonds is 5. The highest BCUT2D eigenvalue weighted by Crippen LogP contribution is 2.28. The van der Waals surface area contributed by atoms with Crippen LogP contribution in [-0.2, 0) is 6.54 Å². The maximum Gasteiger partial charge on any atom is 0.130 e. The van der Waals surface area contributed by atoms with Crippen LogP contribution in [0.4, 0.5) is 0 Å². The third kappa shape index (κ3) is 3.62. The zero-order valence-electron chi connectivity index (χ0n) is 11.5. The van der Waals surface area contributed by atoms with E-state index in [0.717, 1.165) is 28.6 Å². The second-order valence-electron chi connectivity index (χ2n) is 5.31. The molecular weight excluding hydrogens is 314 g/mol. The average Bonchev–Trinajstić information content (AvgIpc) is 3.23. The van der Waals surface area contributed by atoms with Crippen LogP contribution in [0, 0.1) is 6.92 Å². The zero-order chi connectivity index (χ0) is 13.9. The van der Waals surface area contributed by atoms with Crippen LogP contribution in [0.1, 0.15) is 24.0 Å². The first kappa shape index (κ1) is 13.7. The molecule has 1 aliphatic carbocycles. The topological polar surface area (TPSA) is 21.3 Å². The predicted octanol–water partition coefficient (Wildman–Crippen LogP) is 4.80. The van der Waals surface area contributed by atoms with E-state index in [-0.39, 0.29) is 0 Å². The van der Waals surface area contributed by atoms with Gasteiger partial charge in [-0.2, -0.15) is 0 Å². The molecule has 2 aromatic rings. The van der Waals surface area contributed by atoms with Crippen molar-refractivity contribution in [2.24, 2.45) is 0 Å². The Morgan fingerprint density at radius 3 is 2.75 bits per heavy atom. The molecule has 1 saturated carbocycles. The fourth-order valence-electron chi connectivity index (χ4n) is 2.14. The van der Waals surface area contributed by atoms with Gasteiger partial charge in [-0.1, -0.05) is 34.1 Å². The third-order valence-electron chi connectivity index (χ3n) is 3.44. The maximum absolute atomic E-state index is 5.93. The fraction of sp³-hybridized carbons (Fsp3) is 0.294. The Morgan fingerprint density at radius 2 is 2.05 bits per heavy atom. The van der Waals surface area contributed by atoms with E-state index in [4.69, 9.17) is 4.74 Å². The first-order valence-electron chi connectivity index (χ1n) is 6.97. The second-order valence-corrected chi connectivity index (χ2v) is 6.23. The van der Waals surface area contributed by atoms with Crippen molar-refractivity contribution in [3.8, 4) is 11.5 Å². The molecule has 0 heterocycles. The van der Waals surface area contributed by atoms with Crippen LogP contribution in [0.5, 0.6) is 11.5 Å². The van der Waals surface area contributed by atoms with E-state index in [1.165, 1.54) is 24.0 Å². The summed E-state index contributed by atoms with van der Waals surface area (Å²) >= 11 is 3.46. The molecule has 0 radical (unpaired) electrons. The summed E-state index contributed by atoms with van der Waals surface area (Å²) < 4.78 is 6.96. The largest absolute Gasteiger partial charge is 0.457 e. The molecule has 1 fully saturated rings. The minimum Gasteiger partial charge on any atom is -0.457 e. The molecule has 3 heteroatoms. The van der Waals surface area contributed by atoms with Crippen LogP contribution < -0.4 is 10.1 Å². The second kappa shape index (κ2) is 5.98. The molecule has 1 aliphatic rings. The van der Waals surface area contributed by atoms with E-state index >= 15 is 0 Å². The summed E-state index contributed by atoms with van der Waals surface area (Å²) in [5, 5.41) is 3.53. The predicted molar refractivity (Wildman–Crippen MR) is 85.3 cm³/mol. The SMILES string of the molecule is Cc1cc(CNC2CC2)ccc1Oc1cccc(Br)c1. The summed E-state index contributed by atoms with van der Waals surface area (Å²) in [6, 6.07) is 15.0. The number of hydrogen-bond donors (Lipinski definition) is 1. The summed E-state index contributed by atoms with van der Waals surface area (Å²) in [6.07, 6.45) is 2.64. The lowest BCUT2D eigenvalue weighted by atomic mass is 10.1. The Hall–Kier alpha value is -1.32. The maximum atomic E-state index is 5.93. The molecule has 3 rings (SSSR count). The highest BCUT2D eigenvalue weighted by atomic mass is 79.9. The fourth-order valence-corrected chi connectivity index (χ4v) is 2.52. The Kier molecular flexibility index (Phi) is 4.08. The number of aryl methyl sites for hydroxylation is 1. The third-order valence-corrected chi connectivity index (χ3v) is 3.93. The average molecular weight is 332 g/mol. The van der Waals surface area contributed by atoms with Gasteiger partial charge in [0, 0.05) is 17.1 Å². The van der Waals surface area contributed by atoms with Crippen LogP contribution >= 0.6 is 15.9 Å². The minimum atomic E-state index is 0.743. The number of halogens is 1. The van der Waals surface area contributed by atoms with Crippen molar-refractivity contribution in [3.05, 3.63) is 58.1 Å². The Bertz CT molecular complexity index is 608. The molecule has 0 aromatic heterocycles. The molecule has 0 unspecified atom stereocenters. The van der Waals surface area contributed by atoms with Gasteiger partial charge in [-0.15, -0.1) is 0 Å². The standard InChI is InChI=1S/C17H18BrNO/c1-12-9-13(11-19-15-6-7-15)5-8-17(12)20-16-4-2-3-14(18)10-16/h2-5,8-10,15,19H,6-7,11H2,1H3. The number of hydrogen-bond acceptors (Lipinski definition) is 2. The molecule has 2 aromatic carbocycles. The van der Waals surface area contributed by atoms with E-state index in [1.807, 2.05) is 24.3 Å². The van der Waals surface area contributed by atoms with Gasteiger partial charge in [-0.3, -0.25) is 0 Å². The van der Waals surface area contributed by atoms with E-state index in [2.05, 4.69) is 46.4 Å². The van der Waals surface area contributed by atoms with Gasteiger partial charge < -0.3 is 10.1 Å². The minimum absolute atomic E-state index is 0.743.